The molecule has 0 saturated carbocycles. The topological polar surface area (TPSA) is 59.2 Å². The molecule has 2 rings (SSSR count). The van der Waals surface area contributed by atoms with E-state index in [0.29, 0.717) is 6.54 Å². The number of aromatic nitrogens is 2. The lowest BCUT2D eigenvalue weighted by atomic mass is 10.1. The van der Waals surface area contributed by atoms with Crippen molar-refractivity contribution in [3.05, 3.63) is 41.7 Å². The van der Waals surface area contributed by atoms with Crippen LogP contribution in [0, 0.1) is 0 Å². The molecule has 1 aromatic heterocycles. The van der Waals surface area contributed by atoms with Crippen molar-refractivity contribution in [1.82, 2.24) is 15.5 Å². The molecule has 102 valence electrons. The Balaban J connectivity index is 2.07. The van der Waals surface area contributed by atoms with Gasteiger partial charge in [0.05, 0.1) is 20.4 Å². The smallest absolute Gasteiger partial charge is 0.165 e. The van der Waals surface area contributed by atoms with Crippen LogP contribution in [0.15, 0.2) is 30.6 Å². The van der Waals surface area contributed by atoms with Crippen LogP contribution in [0.4, 0.5) is 0 Å². The number of aromatic amines is 1. The van der Waals surface area contributed by atoms with Gasteiger partial charge in [0.15, 0.2) is 11.5 Å². The van der Waals surface area contributed by atoms with Crippen LogP contribution in [0.1, 0.15) is 24.1 Å². The van der Waals surface area contributed by atoms with Gasteiger partial charge >= 0.3 is 0 Å². The number of hydrogen-bond acceptors (Lipinski definition) is 4. The van der Waals surface area contributed by atoms with Crippen molar-refractivity contribution in [1.29, 1.82) is 0 Å². The van der Waals surface area contributed by atoms with Crippen molar-refractivity contribution in [2.75, 3.05) is 14.2 Å². The molecule has 0 aliphatic rings. The van der Waals surface area contributed by atoms with Gasteiger partial charge in [-0.25, -0.2) is 0 Å². The Kier molecular flexibility index (Phi) is 4.41. The number of ether oxygens (including phenoxy) is 2. The average molecular weight is 261 g/mol. The minimum Gasteiger partial charge on any atom is -0.493 e. The molecule has 0 bridgehead atoms. The van der Waals surface area contributed by atoms with E-state index in [9.17, 15) is 0 Å². The minimum atomic E-state index is 0.217. The largest absolute Gasteiger partial charge is 0.493 e. The van der Waals surface area contributed by atoms with Crippen molar-refractivity contribution >= 4 is 0 Å². The molecule has 0 saturated heterocycles. The molecule has 0 spiro atoms. The standard InChI is InChI=1S/C14H19N3O2/c1-10(12-8-16-17-9-12)15-7-11-5-4-6-13(18-2)14(11)19-3/h4-6,8-10,15H,7H2,1-3H3,(H,16,17). The third kappa shape index (κ3) is 3.06. The van der Waals surface area contributed by atoms with Crippen molar-refractivity contribution in [2.45, 2.75) is 19.5 Å². The van der Waals surface area contributed by atoms with Crippen molar-refractivity contribution < 1.29 is 9.47 Å². The van der Waals surface area contributed by atoms with Gasteiger partial charge in [0.25, 0.3) is 0 Å². The fourth-order valence-corrected chi connectivity index (χ4v) is 1.97. The number of nitrogens with zero attached hydrogens (tertiary/aromatic N) is 1. The van der Waals surface area contributed by atoms with Gasteiger partial charge in [0.1, 0.15) is 0 Å². The van der Waals surface area contributed by atoms with Gasteiger partial charge in [-0.3, -0.25) is 5.10 Å². The maximum absolute atomic E-state index is 5.41. The first-order chi connectivity index (χ1) is 9.26. The molecule has 1 unspecified atom stereocenters. The molecule has 1 aromatic carbocycles. The molecule has 19 heavy (non-hydrogen) atoms. The van der Waals surface area contributed by atoms with E-state index in [1.165, 1.54) is 0 Å². The summed E-state index contributed by atoms with van der Waals surface area (Å²) in [6.45, 7) is 2.80. The van der Waals surface area contributed by atoms with Crippen LogP contribution in [-0.4, -0.2) is 24.4 Å². The number of hydrogen-bond donors (Lipinski definition) is 2. The highest BCUT2D eigenvalue weighted by molar-refractivity contribution is 5.46. The predicted octanol–water partition coefficient (Wildman–Crippen LogP) is 2.28. The van der Waals surface area contributed by atoms with Crippen LogP contribution in [0.5, 0.6) is 11.5 Å². The molecule has 5 nitrogen and oxygen atoms in total. The van der Waals surface area contributed by atoms with Crippen molar-refractivity contribution in [3.8, 4) is 11.5 Å². The van der Waals surface area contributed by atoms with E-state index in [-0.39, 0.29) is 6.04 Å². The van der Waals surface area contributed by atoms with E-state index < -0.39 is 0 Å². The summed E-state index contributed by atoms with van der Waals surface area (Å²) >= 11 is 0. The van der Waals surface area contributed by atoms with E-state index in [1.54, 1.807) is 14.2 Å². The average Bonchev–Trinajstić information content (AvgIpc) is 2.98. The third-order valence-corrected chi connectivity index (χ3v) is 3.10. The fourth-order valence-electron chi connectivity index (χ4n) is 1.97. The molecule has 0 amide bonds. The summed E-state index contributed by atoms with van der Waals surface area (Å²) in [5, 5.41) is 10.2. The Hall–Kier alpha value is -2.01. The van der Waals surface area contributed by atoms with Crippen molar-refractivity contribution in [2.24, 2.45) is 0 Å². The number of methoxy groups -OCH3 is 2. The minimum absolute atomic E-state index is 0.217. The summed E-state index contributed by atoms with van der Waals surface area (Å²) in [5.41, 5.74) is 2.19. The molecular formula is C14H19N3O2. The lowest BCUT2D eigenvalue weighted by Gasteiger charge is -2.16. The Labute approximate surface area is 112 Å². The number of para-hydroxylation sites is 1. The first-order valence-electron chi connectivity index (χ1n) is 6.18. The van der Waals surface area contributed by atoms with E-state index in [1.807, 2.05) is 30.6 Å². The lowest BCUT2D eigenvalue weighted by molar-refractivity contribution is 0.350. The summed E-state index contributed by atoms with van der Waals surface area (Å²) in [4.78, 5) is 0. The zero-order valence-corrected chi connectivity index (χ0v) is 11.4. The lowest BCUT2D eigenvalue weighted by Crippen LogP contribution is -2.18. The van der Waals surface area contributed by atoms with Gasteiger partial charge in [-0.05, 0) is 13.0 Å². The summed E-state index contributed by atoms with van der Waals surface area (Å²) in [6, 6.07) is 6.09. The molecule has 5 heteroatoms. The SMILES string of the molecule is COc1cccc(CNC(C)c2cn[nH]c2)c1OC. The van der Waals surface area contributed by atoms with Crippen LogP contribution < -0.4 is 14.8 Å². The second-order valence-electron chi connectivity index (χ2n) is 4.29. The van der Waals surface area contributed by atoms with Gasteiger partial charge in [-0.1, -0.05) is 12.1 Å². The first kappa shape index (κ1) is 13.4. The molecule has 1 atom stereocenters. The van der Waals surface area contributed by atoms with Crippen LogP contribution in [0.25, 0.3) is 0 Å². The van der Waals surface area contributed by atoms with Crippen LogP contribution in [-0.2, 0) is 6.54 Å². The molecule has 2 aromatic rings. The van der Waals surface area contributed by atoms with Gasteiger partial charge in [-0.2, -0.15) is 5.10 Å². The molecule has 0 fully saturated rings. The number of benzene rings is 1. The van der Waals surface area contributed by atoms with Gasteiger partial charge < -0.3 is 14.8 Å². The molecule has 1 heterocycles. The zero-order chi connectivity index (χ0) is 13.7. The van der Waals surface area contributed by atoms with Gasteiger partial charge in [0.2, 0.25) is 0 Å². The maximum Gasteiger partial charge on any atom is 0.165 e. The van der Waals surface area contributed by atoms with Crippen LogP contribution >= 0.6 is 0 Å². The van der Waals surface area contributed by atoms with E-state index in [4.69, 9.17) is 9.47 Å². The Morgan fingerprint density at radius 1 is 1.32 bits per heavy atom. The highest BCUT2D eigenvalue weighted by Crippen LogP contribution is 2.30. The summed E-state index contributed by atoms with van der Waals surface area (Å²) in [7, 11) is 3.30. The second-order valence-corrected chi connectivity index (χ2v) is 4.29. The quantitative estimate of drug-likeness (QED) is 0.837. The Bertz CT molecular complexity index is 511. The molecular weight excluding hydrogens is 242 g/mol. The van der Waals surface area contributed by atoms with E-state index >= 15 is 0 Å². The Morgan fingerprint density at radius 2 is 2.16 bits per heavy atom. The monoisotopic (exact) mass is 261 g/mol. The van der Waals surface area contributed by atoms with Crippen molar-refractivity contribution in [3.63, 3.8) is 0 Å². The molecule has 0 aliphatic carbocycles. The van der Waals surface area contributed by atoms with Gasteiger partial charge in [-0.15, -0.1) is 0 Å². The maximum atomic E-state index is 5.41. The number of nitrogens with one attached hydrogen (secondary N) is 2. The Morgan fingerprint density at radius 3 is 2.79 bits per heavy atom. The zero-order valence-electron chi connectivity index (χ0n) is 11.4. The molecule has 2 N–H and O–H groups in total. The highest BCUT2D eigenvalue weighted by Gasteiger charge is 2.11. The van der Waals surface area contributed by atoms with E-state index in [0.717, 1.165) is 22.6 Å². The normalized spacial score (nSPS) is 12.2. The second kappa shape index (κ2) is 6.24. The van der Waals surface area contributed by atoms with Crippen LogP contribution in [0.3, 0.4) is 0 Å². The predicted molar refractivity (Wildman–Crippen MR) is 73.4 cm³/mol. The summed E-state index contributed by atoms with van der Waals surface area (Å²) < 4.78 is 10.7. The number of H-pyrrole nitrogens is 1. The van der Waals surface area contributed by atoms with Crippen LogP contribution in [0.2, 0.25) is 0 Å². The highest BCUT2D eigenvalue weighted by atomic mass is 16.5. The summed E-state index contributed by atoms with van der Waals surface area (Å²) in [5.74, 6) is 1.52. The fraction of sp³-hybridized carbons (Fsp3) is 0.357. The summed E-state index contributed by atoms with van der Waals surface area (Å²) in [6.07, 6.45) is 3.71. The van der Waals surface area contributed by atoms with E-state index in [2.05, 4.69) is 22.4 Å². The first-order valence-corrected chi connectivity index (χ1v) is 6.18. The van der Waals surface area contributed by atoms with Gasteiger partial charge in [0, 0.05) is 29.9 Å². The molecule has 0 aliphatic heterocycles. The number of rotatable bonds is 6. The third-order valence-electron chi connectivity index (χ3n) is 3.10. The molecule has 0 radical (unpaired) electrons.